The first-order chi connectivity index (χ1) is 8.99. The minimum absolute atomic E-state index is 0.0988. The Balaban J connectivity index is 2.10. The average Bonchev–Trinajstić information content (AvgIpc) is 2.79. The summed E-state index contributed by atoms with van der Waals surface area (Å²) in [7, 11) is 0. The topological polar surface area (TPSA) is 42.0 Å². The predicted octanol–water partition coefficient (Wildman–Crippen LogP) is 2.80. The van der Waals surface area contributed by atoms with Gasteiger partial charge in [0, 0.05) is 5.38 Å². The molecule has 0 atom stereocenters. The van der Waals surface area contributed by atoms with E-state index in [9.17, 15) is 18.0 Å². The zero-order chi connectivity index (χ0) is 14.0. The molecule has 1 aromatic carbocycles. The van der Waals surface area contributed by atoms with Crippen molar-refractivity contribution in [3.05, 3.63) is 51.2 Å². The maximum absolute atomic E-state index is 13.4. The molecule has 1 aromatic heterocycles. The molecule has 2 aromatic rings. The van der Waals surface area contributed by atoms with E-state index in [1.165, 1.54) is 11.3 Å². The standard InChI is InChI=1S/C12H9F3N2OS/c1-6-17-7(5-19-6)4-16-12(18)8-2-3-9(13)11(15)10(8)14/h2-3,5H,4H2,1H3,(H,16,18). The van der Waals surface area contributed by atoms with Crippen LogP contribution < -0.4 is 5.32 Å². The molecule has 1 N–H and O–H groups in total. The number of thiazole rings is 1. The molecule has 2 rings (SSSR count). The van der Waals surface area contributed by atoms with Crippen LogP contribution in [0.2, 0.25) is 0 Å². The number of aryl methyl sites for hydroxylation is 1. The molecule has 0 saturated heterocycles. The average molecular weight is 286 g/mol. The fourth-order valence-electron chi connectivity index (χ4n) is 1.46. The highest BCUT2D eigenvalue weighted by Gasteiger charge is 2.18. The van der Waals surface area contributed by atoms with Crippen LogP contribution in [0.3, 0.4) is 0 Å². The van der Waals surface area contributed by atoms with Crippen molar-refractivity contribution in [1.82, 2.24) is 10.3 Å². The molecule has 0 unspecified atom stereocenters. The van der Waals surface area contributed by atoms with Crippen molar-refractivity contribution in [3.63, 3.8) is 0 Å². The van der Waals surface area contributed by atoms with Gasteiger partial charge in [-0.05, 0) is 19.1 Å². The number of carbonyl (C=O) groups excluding carboxylic acids is 1. The van der Waals surface area contributed by atoms with Gasteiger partial charge >= 0.3 is 0 Å². The Bertz CT molecular complexity index is 627. The van der Waals surface area contributed by atoms with Crippen molar-refractivity contribution in [2.75, 3.05) is 0 Å². The van der Waals surface area contributed by atoms with Crippen LogP contribution in [0.15, 0.2) is 17.5 Å². The highest BCUT2D eigenvalue weighted by atomic mass is 32.1. The molecule has 19 heavy (non-hydrogen) atoms. The minimum atomic E-state index is -1.66. The van der Waals surface area contributed by atoms with Gasteiger partial charge in [0.15, 0.2) is 17.5 Å². The highest BCUT2D eigenvalue weighted by molar-refractivity contribution is 7.09. The van der Waals surface area contributed by atoms with Gasteiger partial charge in [-0.3, -0.25) is 4.79 Å². The predicted molar refractivity (Wildman–Crippen MR) is 64.3 cm³/mol. The molecule has 0 aliphatic rings. The molecule has 0 fully saturated rings. The largest absolute Gasteiger partial charge is 0.346 e. The summed E-state index contributed by atoms with van der Waals surface area (Å²) < 4.78 is 39.1. The van der Waals surface area contributed by atoms with Crippen LogP contribution in [-0.2, 0) is 6.54 Å². The van der Waals surface area contributed by atoms with Crippen molar-refractivity contribution in [2.45, 2.75) is 13.5 Å². The summed E-state index contributed by atoms with van der Waals surface area (Å²) in [6, 6.07) is 1.61. The number of benzene rings is 1. The fraction of sp³-hybridized carbons (Fsp3) is 0.167. The molecule has 0 aliphatic heterocycles. The van der Waals surface area contributed by atoms with Crippen LogP contribution in [0.25, 0.3) is 0 Å². The number of nitrogens with zero attached hydrogens (tertiary/aromatic N) is 1. The number of hydrogen-bond acceptors (Lipinski definition) is 3. The maximum atomic E-state index is 13.4. The van der Waals surface area contributed by atoms with Gasteiger partial charge in [-0.25, -0.2) is 18.2 Å². The first-order valence-electron chi connectivity index (χ1n) is 5.31. The SMILES string of the molecule is Cc1nc(CNC(=O)c2ccc(F)c(F)c2F)cs1. The number of rotatable bonds is 3. The first kappa shape index (κ1) is 13.5. The lowest BCUT2D eigenvalue weighted by Gasteiger charge is -2.05. The van der Waals surface area contributed by atoms with Gasteiger partial charge in [0.1, 0.15) is 0 Å². The fourth-order valence-corrected chi connectivity index (χ4v) is 2.07. The molecule has 1 amide bonds. The van der Waals surface area contributed by atoms with E-state index in [1.807, 2.05) is 6.92 Å². The third-order valence-corrected chi connectivity index (χ3v) is 3.20. The lowest BCUT2D eigenvalue weighted by atomic mass is 10.2. The van der Waals surface area contributed by atoms with Crippen LogP contribution in [0.5, 0.6) is 0 Å². The molecule has 0 bridgehead atoms. The molecular weight excluding hydrogens is 277 g/mol. The molecule has 0 aliphatic carbocycles. The number of carbonyl (C=O) groups is 1. The molecule has 3 nitrogen and oxygen atoms in total. The van der Waals surface area contributed by atoms with Gasteiger partial charge in [0.2, 0.25) is 0 Å². The number of nitrogens with one attached hydrogen (secondary N) is 1. The summed E-state index contributed by atoms with van der Waals surface area (Å²) in [6.45, 7) is 1.91. The summed E-state index contributed by atoms with van der Waals surface area (Å²) in [4.78, 5) is 15.8. The highest BCUT2D eigenvalue weighted by Crippen LogP contribution is 2.15. The van der Waals surface area contributed by atoms with Crippen LogP contribution in [0.4, 0.5) is 13.2 Å². The lowest BCUT2D eigenvalue weighted by Crippen LogP contribution is -2.24. The van der Waals surface area contributed by atoms with E-state index in [0.29, 0.717) is 11.8 Å². The second kappa shape index (κ2) is 5.40. The van der Waals surface area contributed by atoms with E-state index in [0.717, 1.165) is 11.1 Å². The quantitative estimate of drug-likeness (QED) is 0.882. The number of halogens is 3. The maximum Gasteiger partial charge on any atom is 0.254 e. The Morgan fingerprint density at radius 2 is 2.05 bits per heavy atom. The first-order valence-corrected chi connectivity index (χ1v) is 6.19. The normalized spacial score (nSPS) is 10.5. The number of hydrogen-bond donors (Lipinski definition) is 1. The van der Waals surface area contributed by atoms with Gasteiger partial charge in [-0.2, -0.15) is 0 Å². The summed E-state index contributed by atoms with van der Waals surface area (Å²) in [5.41, 5.74) is 0.0877. The third kappa shape index (κ3) is 2.93. The smallest absolute Gasteiger partial charge is 0.254 e. The Labute approximate surface area is 111 Å². The molecular formula is C12H9F3N2OS. The monoisotopic (exact) mass is 286 g/mol. The Morgan fingerprint density at radius 1 is 1.32 bits per heavy atom. The van der Waals surface area contributed by atoms with E-state index in [1.54, 1.807) is 5.38 Å². The third-order valence-electron chi connectivity index (χ3n) is 2.38. The van der Waals surface area contributed by atoms with Crippen molar-refractivity contribution < 1.29 is 18.0 Å². The van der Waals surface area contributed by atoms with Crippen LogP contribution in [-0.4, -0.2) is 10.9 Å². The second-order valence-electron chi connectivity index (χ2n) is 3.76. The lowest BCUT2D eigenvalue weighted by molar-refractivity contribution is 0.0945. The summed E-state index contributed by atoms with van der Waals surface area (Å²) in [5.74, 6) is -5.30. The molecule has 1 heterocycles. The molecule has 100 valence electrons. The molecule has 7 heteroatoms. The second-order valence-corrected chi connectivity index (χ2v) is 4.83. The Hall–Kier alpha value is -1.89. The Morgan fingerprint density at radius 3 is 2.68 bits per heavy atom. The van der Waals surface area contributed by atoms with Crippen molar-refractivity contribution in [1.29, 1.82) is 0 Å². The molecule has 0 spiro atoms. The summed E-state index contributed by atoms with van der Waals surface area (Å²) in [5, 5.41) is 4.98. The summed E-state index contributed by atoms with van der Waals surface area (Å²) >= 11 is 1.41. The summed E-state index contributed by atoms with van der Waals surface area (Å²) in [6.07, 6.45) is 0. The zero-order valence-corrected chi connectivity index (χ0v) is 10.7. The van der Waals surface area contributed by atoms with Gasteiger partial charge in [0.25, 0.3) is 5.91 Å². The van der Waals surface area contributed by atoms with E-state index in [4.69, 9.17) is 0 Å². The van der Waals surface area contributed by atoms with Gasteiger partial charge in [-0.1, -0.05) is 0 Å². The zero-order valence-electron chi connectivity index (χ0n) is 9.84. The molecule has 0 radical (unpaired) electrons. The van der Waals surface area contributed by atoms with Gasteiger partial charge < -0.3 is 5.32 Å². The Kier molecular flexibility index (Phi) is 3.84. The van der Waals surface area contributed by atoms with Crippen LogP contribution >= 0.6 is 11.3 Å². The van der Waals surface area contributed by atoms with Gasteiger partial charge in [-0.15, -0.1) is 11.3 Å². The van der Waals surface area contributed by atoms with E-state index in [2.05, 4.69) is 10.3 Å². The number of amides is 1. The number of aromatic nitrogens is 1. The van der Waals surface area contributed by atoms with E-state index in [-0.39, 0.29) is 6.54 Å². The van der Waals surface area contributed by atoms with Crippen molar-refractivity contribution in [2.24, 2.45) is 0 Å². The van der Waals surface area contributed by atoms with E-state index < -0.39 is 28.9 Å². The van der Waals surface area contributed by atoms with E-state index >= 15 is 0 Å². The van der Waals surface area contributed by atoms with Gasteiger partial charge in [0.05, 0.1) is 22.8 Å². The van der Waals surface area contributed by atoms with Crippen LogP contribution in [0.1, 0.15) is 21.1 Å². The minimum Gasteiger partial charge on any atom is -0.346 e. The molecule has 0 saturated carbocycles. The van der Waals surface area contributed by atoms with Crippen molar-refractivity contribution in [3.8, 4) is 0 Å². The van der Waals surface area contributed by atoms with Crippen molar-refractivity contribution >= 4 is 17.2 Å². The van der Waals surface area contributed by atoms with Crippen LogP contribution in [0, 0.1) is 24.4 Å².